The molecular weight excluding hydrogens is 286 g/mol. The van der Waals surface area contributed by atoms with Gasteiger partial charge in [-0.15, -0.1) is 0 Å². The minimum Gasteiger partial charge on any atom is -0.339 e. The Morgan fingerprint density at radius 1 is 1.24 bits per heavy atom. The van der Waals surface area contributed by atoms with Crippen molar-refractivity contribution in [2.24, 2.45) is 7.05 Å². The van der Waals surface area contributed by atoms with Gasteiger partial charge in [0.25, 0.3) is 10.0 Å². The van der Waals surface area contributed by atoms with E-state index in [1.165, 1.54) is 16.8 Å². The lowest BCUT2D eigenvalue weighted by atomic mass is 10.0. The molecule has 114 valence electrons. The van der Waals surface area contributed by atoms with Crippen molar-refractivity contribution in [2.45, 2.75) is 37.8 Å². The van der Waals surface area contributed by atoms with E-state index in [1.807, 2.05) is 39.0 Å². The van der Waals surface area contributed by atoms with Crippen LogP contribution in [0, 0.1) is 0 Å². The summed E-state index contributed by atoms with van der Waals surface area (Å²) in [6, 6.07) is 9.15. The molecule has 0 bridgehead atoms. The summed E-state index contributed by atoms with van der Waals surface area (Å²) in [6.45, 7) is 5.81. The molecule has 2 aromatic rings. The zero-order chi connectivity index (χ0) is 15.7. The number of nitrogens with zero attached hydrogens (tertiary/aromatic N) is 3. The molecule has 1 heterocycles. The van der Waals surface area contributed by atoms with Gasteiger partial charge in [0.1, 0.15) is 0 Å². The average Bonchev–Trinajstić information content (AvgIpc) is 2.87. The number of imidazole rings is 1. The molecule has 0 saturated heterocycles. The molecule has 0 radical (unpaired) electrons. The predicted molar refractivity (Wildman–Crippen MR) is 83.7 cm³/mol. The van der Waals surface area contributed by atoms with E-state index < -0.39 is 15.6 Å². The second-order valence-corrected chi connectivity index (χ2v) is 7.38. The molecule has 0 fully saturated rings. The van der Waals surface area contributed by atoms with Gasteiger partial charge in [0, 0.05) is 13.2 Å². The van der Waals surface area contributed by atoms with Crippen molar-refractivity contribution in [2.75, 3.05) is 4.31 Å². The van der Waals surface area contributed by atoms with Gasteiger partial charge in [-0.1, -0.05) is 25.1 Å². The maximum atomic E-state index is 13.0. The first-order valence-corrected chi connectivity index (χ1v) is 8.31. The van der Waals surface area contributed by atoms with Gasteiger partial charge in [-0.2, -0.15) is 8.42 Å². The lowest BCUT2D eigenvalue weighted by molar-refractivity contribution is 0.484. The lowest BCUT2D eigenvalue weighted by Gasteiger charge is -2.38. The third-order valence-electron chi connectivity index (χ3n) is 3.59. The van der Waals surface area contributed by atoms with Crippen molar-refractivity contribution in [1.82, 2.24) is 9.55 Å². The number of sulfonamides is 1. The second-order valence-electron chi connectivity index (χ2n) is 5.65. The monoisotopic (exact) mass is 307 g/mol. The highest BCUT2D eigenvalue weighted by Crippen LogP contribution is 2.32. The number of hydrogen-bond donors (Lipinski definition) is 0. The summed E-state index contributed by atoms with van der Waals surface area (Å²) < 4.78 is 29.1. The number of rotatable bonds is 5. The van der Waals surface area contributed by atoms with Crippen LogP contribution in [-0.4, -0.2) is 23.5 Å². The van der Waals surface area contributed by atoms with Gasteiger partial charge in [-0.05, 0) is 32.4 Å². The van der Waals surface area contributed by atoms with E-state index >= 15 is 0 Å². The molecule has 6 heteroatoms. The summed E-state index contributed by atoms with van der Waals surface area (Å²) in [5.74, 6) is 0. The molecule has 1 aromatic heterocycles. The van der Waals surface area contributed by atoms with E-state index in [2.05, 4.69) is 4.98 Å². The molecular formula is C15H21N3O2S. The number of para-hydroxylation sites is 1. The summed E-state index contributed by atoms with van der Waals surface area (Å²) in [7, 11) is -1.95. The highest BCUT2D eigenvalue weighted by molar-refractivity contribution is 7.92. The Balaban J connectivity index is 2.61. The van der Waals surface area contributed by atoms with Gasteiger partial charge in [0.05, 0.1) is 17.6 Å². The molecule has 0 amide bonds. The van der Waals surface area contributed by atoms with Gasteiger partial charge in [0.15, 0.2) is 5.03 Å². The van der Waals surface area contributed by atoms with Gasteiger partial charge in [0.2, 0.25) is 0 Å². The van der Waals surface area contributed by atoms with Crippen LogP contribution in [0.4, 0.5) is 5.69 Å². The fraction of sp³-hybridized carbons (Fsp3) is 0.400. The van der Waals surface area contributed by atoms with Crippen molar-refractivity contribution in [3.63, 3.8) is 0 Å². The Kier molecular flexibility index (Phi) is 4.09. The first-order chi connectivity index (χ1) is 9.79. The van der Waals surface area contributed by atoms with Crippen molar-refractivity contribution < 1.29 is 8.42 Å². The Labute approximate surface area is 126 Å². The summed E-state index contributed by atoms with van der Waals surface area (Å²) in [4.78, 5) is 4.01. The van der Waals surface area contributed by atoms with Crippen LogP contribution in [0.25, 0.3) is 0 Å². The minimum absolute atomic E-state index is 0.0652. The quantitative estimate of drug-likeness (QED) is 0.853. The Hall–Kier alpha value is -1.82. The van der Waals surface area contributed by atoms with E-state index in [1.54, 1.807) is 23.7 Å². The standard InChI is InChI=1S/C15H21N3O2S/c1-5-15(2,3)18(13-9-7-6-8-10-13)21(19,20)14-11-17(4)12-16-14/h6-12H,5H2,1-4H3. The maximum Gasteiger partial charge on any atom is 0.283 e. The number of benzene rings is 1. The van der Waals surface area contributed by atoms with Crippen LogP contribution in [0.5, 0.6) is 0 Å². The topological polar surface area (TPSA) is 55.2 Å². The largest absolute Gasteiger partial charge is 0.339 e. The maximum absolute atomic E-state index is 13.0. The number of anilines is 1. The summed E-state index contributed by atoms with van der Waals surface area (Å²) in [5, 5.41) is 0.0652. The summed E-state index contributed by atoms with van der Waals surface area (Å²) in [5.41, 5.74) is 0.104. The molecule has 0 saturated carbocycles. The second kappa shape index (κ2) is 5.52. The van der Waals surface area contributed by atoms with Gasteiger partial charge < -0.3 is 4.57 Å². The summed E-state index contributed by atoms with van der Waals surface area (Å²) in [6.07, 6.45) is 3.71. The molecule has 1 aromatic carbocycles. The molecule has 0 aliphatic heterocycles. The highest BCUT2D eigenvalue weighted by Gasteiger charge is 2.37. The lowest BCUT2D eigenvalue weighted by Crippen LogP contribution is -2.47. The number of aromatic nitrogens is 2. The normalized spacial score (nSPS) is 12.4. The fourth-order valence-electron chi connectivity index (χ4n) is 2.14. The minimum atomic E-state index is -3.70. The molecule has 2 rings (SSSR count). The molecule has 0 aliphatic rings. The molecule has 0 spiro atoms. The van der Waals surface area contributed by atoms with E-state index in [4.69, 9.17) is 0 Å². The van der Waals surface area contributed by atoms with E-state index in [9.17, 15) is 8.42 Å². The highest BCUT2D eigenvalue weighted by atomic mass is 32.2. The molecule has 0 atom stereocenters. The van der Waals surface area contributed by atoms with Crippen LogP contribution in [0.2, 0.25) is 0 Å². The zero-order valence-corrected chi connectivity index (χ0v) is 13.6. The van der Waals surface area contributed by atoms with Crippen LogP contribution >= 0.6 is 0 Å². The first-order valence-electron chi connectivity index (χ1n) is 6.87. The zero-order valence-electron chi connectivity index (χ0n) is 12.8. The Morgan fingerprint density at radius 2 is 1.86 bits per heavy atom. The van der Waals surface area contributed by atoms with Gasteiger partial charge in [-0.25, -0.2) is 4.98 Å². The van der Waals surface area contributed by atoms with Crippen LogP contribution in [0.3, 0.4) is 0 Å². The summed E-state index contributed by atoms with van der Waals surface area (Å²) >= 11 is 0. The van der Waals surface area contributed by atoms with Crippen molar-refractivity contribution in [3.8, 4) is 0 Å². The van der Waals surface area contributed by atoms with E-state index in [0.29, 0.717) is 12.1 Å². The fourth-order valence-corrected chi connectivity index (χ4v) is 3.98. The van der Waals surface area contributed by atoms with Crippen molar-refractivity contribution in [1.29, 1.82) is 0 Å². The third-order valence-corrected chi connectivity index (χ3v) is 5.52. The van der Waals surface area contributed by atoms with Crippen LogP contribution < -0.4 is 4.31 Å². The predicted octanol–water partition coefficient (Wildman–Crippen LogP) is 2.80. The molecule has 21 heavy (non-hydrogen) atoms. The number of aryl methyl sites for hydroxylation is 1. The van der Waals surface area contributed by atoms with Gasteiger partial charge >= 0.3 is 0 Å². The first kappa shape index (κ1) is 15.6. The molecule has 5 nitrogen and oxygen atoms in total. The Bertz CT molecular complexity index is 706. The van der Waals surface area contributed by atoms with Gasteiger partial charge in [-0.3, -0.25) is 4.31 Å². The Morgan fingerprint density at radius 3 is 2.33 bits per heavy atom. The smallest absolute Gasteiger partial charge is 0.283 e. The average molecular weight is 307 g/mol. The van der Waals surface area contributed by atoms with Crippen LogP contribution in [-0.2, 0) is 17.1 Å². The number of hydrogen-bond acceptors (Lipinski definition) is 3. The molecule has 0 N–H and O–H groups in total. The SMILES string of the molecule is CCC(C)(C)N(c1ccccc1)S(=O)(=O)c1cn(C)cn1. The third kappa shape index (κ3) is 2.95. The van der Waals surface area contributed by atoms with Crippen LogP contribution in [0.1, 0.15) is 27.2 Å². The van der Waals surface area contributed by atoms with E-state index in [-0.39, 0.29) is 5.03 Å². The van der Waals surface area contributed by atoms with Crippen molar-refractivity contribution >= 4 is 15.7 Å². The van der Waals surface area contributed by atoms with Crippen LogP contribution in [0.15, 0.2) is 47.9 Å². The van der Waals surface area contributed by atoms with Crippen molar-refractivity contribution in [3.05, 3.63) is 42.9 Å². The molecule has 0 unspecified atom stereocenters. The molecule has 0 aliphatic carbocycles. The van der Waals surface area contributed by atoms with E-state index in [0.717, 1.165) is 0 Å².